The van der Waals surface area contributed by atoms with Crippen molar-refractivity contribution >= 4 is 17.8 Å². The van der Waals surface area contributed by atoms with E-state index in [0.717, 1.165) is 11.1 Å². The minimum Gasteiger partial charge on any atom is -0.457 e. The van der Waals surface area contributed by atoms with Crippen molar-refractivity contribution < 1.29 is 19.1 Å². The number of ether oxygens (including phenoxy) is 1. The predicted molar refractivity (Wildman–Crippen MR) is 179 cm³/mol. The molecule has 3 aromatic carbocycles. The van der Waals surface area contributed by atoms with E-state index in [4.69, 9.17) is 4.74 Å². The molecule has 0 aromatic heterocycles. The van der Waals surface area contributed by atoms with Crippen molar-refractivity contribution in [2.24, 2.45) is 5.92 Å². The summed E-state index contributed by atoms with van der Waals surface area (Å²) in [6, 6.07) is 25.3. The zero-order valence-corrected chi connectivity index (χ0v) is 27.5. The number of likely N-dealkylation sites (N-methyl/N-ethyl adjacent to an activating group) is 2. The van der Waals surface area contributed by atoms with E-state index in [1.807, 2.05) is 111 Å². The van der Waals surface area contributed by atoms with Gasteiger partial charge in [-0.25, -0.2) is 4.79 Å². The number of amides is 4. The van der Waals surface area contributed by atoms with Crippen molar-refractivity contribution in [2.45, 2.75) is 45.8 Å². The Bertz CT molecular complexity index is 1560. The first-order valence-electron chi connectivity index (χ1n) is 16.1. The summed E-state index contributed by atoms with van der Waals surface area (Å²) in [6.45, 7) is 8.31. The van der Waals surface area contributed by atoms with Crippen molar-refractivity contribution in [1.29, 1.82) is 0 Å². The maximum atomic E-state index is 14.5. The number of benzene rings is 3. The highest BCUT2D eigenvalue weighted by Crippen LogP contribution is 2.39. The van der Waals surface area contributed by atoms with Crippen LogP contribution in [0.4, 0.5) is 4.79 Å². The van der Waals surface area contributed by atoms with E-state index in [1.54, 1.807) is 9.80 Å². The molecule has 2 atom stereocenters. The third kappa shape index (κ3) is 7.42. The molecule has 0 radical (unpaired) electrons. The Morgan fingerprint density at radius 3 is 2.26 bits per heavy atom. The van der Waals surface area contributed by atoms with Gasteiger partial charge in [0.15, 0.2) is 0 Å². The zero-order chi connectivity index (χ0) is 32.8. The van der Waals surface area contributed by atoms with Crippen molar-refractivity contribution in [2.75, 3.05) is 40.3 Å². The topological polar surface area (TPSA) is 85.4 Å². The second kappa shape index (κ2) is 14.6. The molecule has 0 saturated carbocycles. The monoisotopic (exact) mass is 623 g/mol. The molecule has 0 saturated heterocycles. The van der Waals surface area contributed by atoms with Crippen LogP contribution in [0, 0.1) is 5.92 Å². The number of para-hydroxylation sites is 1. The summed E-state index contributed by atoms with van der Waals surface area (Å²) < 4.78 is 6.08. The van der Waals surface area contributed by atoms with Gasteiger partial charge < -0.3 is 24.8 Å². The number of nitrogens with zero attached hydrogens (tertiary/aromatic N) is 4. The van der Waals surface area contributed by atoms with Gasteiger partial charge in [-0.3, -0.25) is 14.5 Å². The molecule has 2 aliphatic rings. The zero-order valence-electron chi connectivity index (χ0n) is 27.5. The van der Waals surface area contributed by atoms with E-state index in [2.05, 4.69) is 24.1 Å². The highest BCUT2D eigenvalue weighted by molar-refractivity contribution is 6.03. The summed E-state index contributed by atoms with van der Waals surface area (Å²) in [5.74, 6) is 1.16. The Labute approximate surface area is 272 Å². The van der Waals surface area contributed by atoms with Crippen molar-refractivity contribution in [3.05, 3.63) is 107 Å². The number of carbonyl (C=O) groups excluding carboxylic acids is 3. The molecule has 9 nitrogen and oxygen atoms in total. The van der Waals surface area contributed by atoms with Gasteiger partial charge in [-0.15, -0.1) is 0 Å². The highest BCUT2D eigenvalue weighted by Gasteiger charge is 2.47. The molecule has 5 rings (SSSR count). The third-order valence-electron chi connectivity index (χ3n) is 8.44. The Hall–Kier alpha value is -4.63. The first kappa shape index (κ1) is 32.8. The highest BCUT2D eigenvalue weighted by atomic mass is 16.5. The first-order chi connectivity index (χ1) is 22.2. The van der Waals surface area contributed by atoms with Crippen LogP contribution in [-0.2, 0) is 16.1 Å². The standard InChI is InChI=1S/C37H45N5O4/c1-6-41-32-25-42(31(22-26(2)3)35(43)40(21-20-39(4)5)24-27-14-9-7-10-15-27)36(44)33(32)34(38-37(41)45)28-16-13-19-30(23-28)46-29-17-11-8-12-18-29/h7-19,23,26,31,34H,6,20-22,24-25H2,1-5H3,(H,38,45). The second-order valence-corrected chi connectivity index (χ2v) is 12.6. The minimum atomic E-state index is -0.675. The maximum absolute atomic E-state index is 14.5. The van der Waals surface area contributed by atoms with Crippen LogP contribution in [0.5, 0.6) is 11.5 Å². The molecule has 9 heteroatoms. The Kier molecular flexibility index (Phi) is 10.4. The van der Waals surface area contributed by atoms with Crippen molar-refractivity contribution in [3.8, 4) is 11.5 Å². The van der Waals surface area contributed by atoms with Gasteiger partial charge >= 0.3 is 6.03 Å². The van der Waals surface area contributed by atoms with Gasteiger partial charge in [0.2, 0.25) is 5.91 Å². The quantitative estimate of drug-likeness (QED) is 0.265. The molecule has 2 heterocycles. The van der Waals surface area contributed by atoms with E-state index in [9.17, 15) is 14.4 Å². The third-order valence-corrected chi connectivity index (χ3v) is 8.44. The molecular formula is C37H45N5O4. The lowest BCUT2D eigenvalue weighted by Gasteiger charge is -2.34. The maximum Gasteiger partial charge on any atom is 0.322 e. The fourth-order valence-electron chi connectivity index (χ4n) is 6.14. The van der Waals surface area contributed by atoms with Crippen LogP contribution in [0.2, 0.25) is 0 Å². The number of hydrogen-bond donors (Lipinski definition) is 1. The summed E-state index contributed by atoms with van der Waals surface area (Å²) in [4.78, 5) is 49.7. The lowest BCUT2D eigenvalue weighted by atomic mass is 9.95. The van der Waals surface area contributed by atoms with Crippen LogP contribution in [0.25, 0.3) is 0 Å². The molecule has 242 valence electrons. The number of carbonyl (C=O) groups is 3. The molecule has 2 unspecified atom stereocenters. The molecular weight excluding hydrogens is 578 g/mol. The van der Waals surface area contributed by atoms with Gasteiger partial charge in [0.25, 0.3) is 5.91 Å². The normalized spacial score (nSPS) is 17.0. The van der Waals surface area contributed by atoms with E-state index in [1.165, 1.54) is 0 Å². The van der Waals surface area contributed by atoms with Crippen LogP contribution < -0.4 is 10.1 Å². The van der Waals surface area contributed by atoms with Gasteiger partial charge in [-0.1, -0.05) is 74.5 Å². The lowest BCUT2D eigenvalue weighted by molar-refractivity contribution is -0.144. The number of hydrogen-bond acceptors (Lipinski definition) is 5. The second-order valence-electron chi connectivity index (χ2n) is 12.6. The van der Waals surface area contributed by atoms with Crippen LogP contribution in [0.3, 0.4) is 0 Å². The van der Waals surface area contributed by atoms with Crippen molar-refractivity contribution in [3.63, 3.8) is 0 Å². The van der Waals surface area contributed by atoms with Crippen molar-refractivity contribution in [1.82, 2.24) is 24.9 Å². The van der Waals surface area contributed by atoms with Crippen LogP contribution >= 0.6 is 0 Å². The average Bonchev–Trinajstić information content (AvgIpc) is 3.38. The van der Waals surface area contributed by atoms with E-state index >= 15 is 0 Å². The van der Waals surface area contributed by atoms with Gasteiger partial charge in [-0.2, -0.15) is 0 Å². The van der Waals surface area contributed by atoms with E-state index in [-0.39, 0.29) is 30.3 Å². The molecule has 0 bridgehead atoms. The molecule has 3 aromatic rings. The van der Waals surface area contributed by atoms with Crippen LogP contribution in [0.1, 0.15) is 44.4 Å². The van der Waals surface area contributed by atoms with E-state index < -0.39 is 12.1 Å². The van der Waals surface area contributed by atoms with Gasteiger partial charge in [0.05, 0.1) is 23.9 Å². The summed E-state index contributed by atoms with van der Waals surface area (Å²) in [6.07, 6.45) is 0.511. The summed E-state index contributed by atoms with van der Waals surface area (Å²) in [5.41, 5.74) is 2.93. The Morgan fingerprint density at radius 1 is 0.935 bits per heavy atom. The van der Waals surface area contributed by atoms with E-state index in [0.29, 0.717) is 55.4 Å². The molecule has 0 aliphatic carbocycles. The number of nitrogens with one attached hydrogen (secondary N) is 1. The Morgan fingerprint density at radius 2 is 1.61 bits per heavy atom. The molecule has 46 heavy (non-hydrogen) atoms. The molecule has 1 N–H and O–H groups in total. The van der Waals surface area contributed by atoms with Gasteiger partial charge in [0, 0.05) is 26.2 Å². The largest absolute Gasteiger partial charge is 0.457 e. The Balaban J connectivity index is 1.47. The molecule has 0 spiro atoms. The lowest BCUT2D eigenvalue weighted by Crippen LogP contribution is -2.51. The van der Waals surface area contributed by atoms with Crippen LogP contribution in [0.15, 0.2) is 96.2 Å². The predicted octanol–water partition coefficient (Wildman–Crippen LogP) is 5.67. The van der Waals surface area contributed by atoms with Crippen LogP contribution in [-0.4, -0.2) is 83.8 Å². The fraction of sp³-hybridized carbons (Fsp3) is 0.378. The van der Waals surface area contributed by atoms with Gasteiger partial charge in [0.1, 0.15) is 17.5 Å². The molecule has 4 amide bonds. The fourth-order valence-corrected chi connectivity index (χ4v) is 6.14. The SMILES string of the molecule is CCN1C(=O)NC(c2cccc(Oc3ccccc3)c2)C2=C1CN(C(CC(C)C)C(=O)N(CCN(C)C)Cc1ccccc1)C2=O. The molecule has 2 aliphatic heterocycles. The summed E-state index contributed by atoms with van der Waals surface area (Å²) in [5, 5.41) is 3.07. The summed E-state index contributed by atoms with van der Waals surface area (Å²) in [7, 11) is 3.98. The summed E-state index contributed by atoms with van der Waals surface area (Å²) >= 11 is 0. The minimum absolute atomic E-state index is 0.0789. The number of rotatable bonds is 13. The smallest absolute Gasteiger partial charge is 0.322 e. The molecule has 0 fully saturated rings. The first-order valence-corrected chi connectivity index (χ1v) is 16.1. The van der Waals surface area contributed by atoms with Gasteiger partial charge in [-0.05, 0) is 68.8 Å². The number of urea groups is 1. The average molecular weight is 624 g/mol.